The number of non-ortho nitro benzene ring substituents is 1. The fourth-order valence-corrected chi connectivity index (χ4v) is 5.65. The second-order valence-electron chi connectivity index (χ2n) is 8.66. The molecule has 0 spiro atoms. The quantitative estimate of drug-likeness (QED) is 0.276. The third kappa shape index (κ3) is 3.17. The van der Waals surface area contributed by atoms with Crippen LogP contribution in [0.4, 0.5) is 11.4 Å². The van der Waals surface area contributed by atoms with Gasteiger partial charge in [-0.25, -0.2) is 4.90 Å². The van der Waals surface area contributed by atoms with Crippen LogP contribution in [0, 0.1) is 22.0 Å². The van der Waals surface area contributed by atoms with Gasteiger partial charge < -0.3 is 9.47 Å². The predicted octanol–water partition coefficient (Wildman–Crippen LogP) is 2.45. The highest BCUT2D eigenvalue weighted by atomic mass is 16.6. The zero-order chi connectivity index (χ0) is 24.1. The van der Waals surface area contributed by atoms with Crippen LogP contribution in [0.3, 0.4) is 0 Å². The summed E-state index contributed by atoms with van der Waals surface area (Å²) in [6.07, 6.45) is 1.52. The first-order valence-corrected chi connectivity index (χ1v) is 11.0. The van der Waals surface area contributed by atoms with Crippen LogP contribution in [0.5, 0.6) is 11.5 Å². The maximum absolute atomic E-state index is 13.7. The number of methoxy groups -OCH3 is 2. The van der Waals surface area contributed by atoms with Gasteiger partial charge in [-0.1, -0.05) is 0 Å². The Hall–Kier alpha value is -3.79. The Balaban J connectivity index is 1.56. The van der Waals surface area contributed by atoms with Gasteiger partial charge in [-0.15, -0.1) is 0 Å². The van der Waals surface area contributed by atoms with E-state index < -0.39 is 34.6 Å². The lowest BCUT2D eigenvalue weighted by Crippen LogP contribution is -2.46. The molecule has 3 aliphatic heterocycles. The molecule has 0 aromatic heterocycles. The smallest absolute Gasteiger partial charge is 0.271 e. The van der Waals surface area contributed by atoms with E-state index in [1.807, 2.05) is 4.90 Å². The molecule has 2 aromatic carbocycles. The van der Waals surface area contributed by atoms with Gasteiger partial charge in [0.2, 0.25) is 11.8 Å². The molecule has 0 N–H and O–H groups in total. The molecule has 10 nitrogen and oxygen atoms in total. The summed E-state index contributed by atoms with van der Waals surface area (Å²) < 4.78 is 10.5. The molecule has 3 fully saturated rings. The van der Waals surface area contributed by atoms with Crippen molar-refractivity contribution in [2.24, 2.45) is 11.8 Å². The van der Waals surface area contributed by atoms with Crippen molar-refractivity contribution in [2.75, 3.05) is 25.7 Å². The van der Waals surface area contributed by atoms with E-state index in [0.717, 1.165) is 11.3 Å². The number of carbonyl (C=O) groups is 3. The lowest BCUT2D eigenvalue weighted by Gasteiger charge is -2.28. The van der Waals surface area contributed by atoms with Crippen molar-refractivity contribution in [3.05, 3.63) is 58.1 Å². The van der Waals surface area contributed by atoms with E-state index >= 15 is 0 Å². The van der Waals surface area contributed by atoms with Crippen molar-refractivity contribution in [2.45, 2.75) is 24.9 Å². The molecule has 0 unspecified atom stereocenters. The Morgan fingerprint density at radius 1 is 1.03 bits per heavy atom. The van der Waals surface area contributed by atoms with Crippen molar-refractivity contribution < 1.29 is 28.8 Å². The molecule has 0 saturated carbocycles. The van der Waals surface area contributed by atoms with Gasteiger partial charge in [-0.05, 0) is 49.7 Å². The molecule has 0 radical (unpaired) electrons. The number of hydrogen-bond acceptors (Lipinski definition) is 8. The largest absolute Gasteiger partial charge is 0.497 e. The summed E-state index contributed by atoms with van der Waals surface area (Å²) in [5, 5.41) is 11.3. The van der Waals surface area contributed by atoms with Crippen molar-refractivity contribution in [3.8, 4) is 11.5 Å². The summed E-state index contributed by atoms with van der Waals surface area (Å²) in [4.78, 5) is 54.6. The van der Waals surface area contributed by atoms with Crippen LogP contribution in [0.15, 0.2) is 42.5 Å². The van der Waals surface area contributed by atoms with Crippen molar-refractivity contribution in [1.82, 2.24) is 4.90 Å². The molecular formula is C24H23N3O7. The monoisotopic (exact) mass is 465 g/mol. The number of carbonyl (C=O) groups excluding carboxylic acids is 3. The summed E-state index contributed by atoms with van der Waals surface area (Å²) in [5.41, 5.74) is 0.201. The van der Waals surface area contributed by atoms with Crippen LogP contribution in [0.25, 0.3) is 0 Å². The minimum Gasteiger partial charge on any atom is -0.497 e. The van der Waals surface area contributed by atoms with E-state index in [9.17, 15) is 24.5 Å². The minimum absolute atomic E-state index is 0.0290. The molecule has 34 heavy (non-hydrogen) atoms. The third-order valence-electron chi connectivity index (χ3n) is 7.11. The SMILES string of the molecule is COc1ccc(C(=O)[C@H]2[C@@H]3C(=O)N(c4cc([N+](=O)[O-])ccc4OC)C(=O)[C@@H]3[C@H]3CCCN32)cc1. The number of nitrogens with zero attached hydrogens (tertiary/aromatic N) is 3. The summed E-state index contributed by atoms with van der Waals surface area (Å²) in [5.74, 6) is -1.98. The van der Waals surface area contributed by atoms with Gasteiger partial charge in [-0.3, -0.25) is 29.4 Å². The fourth-order valence-electron chi connectivity index (χ4n) is 5.65. The zero-order valence-electron chi connectivity index (χ0n) is 18.7. The molecular weight excluding hydrogens is 442 g/mol. The Labute approximate surface area is 195 Å². The number of nitro groups is 1. The number of anilines is 1. The highest BCUT2D eigenvalue weighted by Gasteiger charge is 2.65. The number of Topliss-reactive ketones (excluding diaryl/α,β-unsaturated/α-hetero) is 1. The van der Waals surface area contributed by atoms with Crippen LogP contribution < -0.4 is 14.4 Å². The van der Waals surface area contributed by atoms with Crippen molar-refractivity contribution in [3.63, 3.8) is 0 Å². The second kappa shape index (κ2) is 8.21. The molecule has 5 rings (SSSR count). The van der Waals surface area contributed by atoms with Crippen LogP contribution in [0.1, 0.15) is 23.2 Å². The number of hydrogen-bond donors (Lipinski definition) is 0. The summed E-state index contributed by atoms with van der Waals surface area (Å²) in [6, 6.07) is 9.45. The number of rotatable bonds is 6. The van der Waals surface area contributed by atoms with Crippen LogP contribution >= 0.6 is 0 Å². The van der Waals surface area contributed by atoms with Gasteiger partial charge in [0.25, 0.3) is 5.69 Å². The number of ketones is 1. The lowest BCUT2D eigenvalue weighted by molar-refractivity contribution is -0.384. The molecule has 0 aliphatic carbocycles. The number of nitro benzene ring substituents is 1. The average molecular weight is 465 g/mol. The Morgan fingerprint density at radius 3 is 2.38 bits per heavy atom. The molecule has 3 saturated heterocycles. The molecule has 4 atom stereocenters. The molecule has 0 bridgehead atoms. The molecule has 2 amide bonds. The van der Waals surface area contributed by atoms with Crippen molar-refractivity contribution in [1.29, 1.82) is 0 Å². The summed E-state index contributed by atoms with van der Waals surface area (Å²) in [6.45, 7) is 0.630. The Bertz CT molecular complexity index is 1200. The predicted molar refractivity (Wildman–Crippen MR) is 120 cm³/mol. The van der Waals surface area contributed by atoms with Crippen LogP contribution in [0.2, 0.25) is 0 Å². The number of imide groups is 1. The van der Waals surface area contributed by atoms with E-state index in [1.54, 1.807) is 24.3 Å². The minimum atomic E-state index is -0.864. The normalized spacial score (nSPS) is 25.9. The van der Waals surface area contributed by atoms with E-state index in [2.05, 4.69) is 0 Å². The van der Waals surface area contributed by atoms with Gasteiger partial charge in [0.15, 0.2) is 5.78 Å². The Morgan fingerprint density at radius 2 is 1.74 bits per heavy atom. The summed E-state index contributed by atoms with van der Waals surface area (Å²) in [7, 11) is 2.90. The van der Waals surface area contributed by atoms with Gasteiger partial charge in [0.05, 0.1) is 37.0 Å². The topological polar surface area (TPSA) is 119 Å². The molecule has 2 aromatic rings. The average Bonchev–Trinajstić information content (AvgIpc) is 3.50. The molecule has 10 heteroatoms. The van der Waals surface area contributed by atoms with E-state index in [4.69, 9.17) is 9.47 Å². The molecule has 3 heterocycles. The van der Waals surface area contributed by atoms with Crippen LogP contribution in [-0.2, 0) is 9.59 Å². The van der Waals surface area contributed by atoms with Crippen molar-refractivity contribution >= 4 is 29.0 Å². The number of ether oxygens (including phenoxy) is 2. The first-order chi connectivity index (χ1) is 16.4. The molecule has 176 valence electrons. The lowest BCUT2D eigenvalue weighted by atomic mass is 9.85. The number of amides is 2. The maximum Gasteiger partial charge on any atom is 0.271 e. The van der Waals surface area contributed by atoms with E-state index in [-0.39, 0.29) is 28.9 Å². The van der Waals surface area contributed by atoms with Gasteiger partial charge >= 0.3 is 0 Å². The highest BCUT2D eigenvalue weighted by molar-refractivity contribution is 6.25. The summed E-state index contributed by atoms with van der Waals surface area (Å²) >= 11 is 0. The maximum atomic E-state index is 13.7. The molecule has 3 aliphatic rings. The van der Waals surface area contributed by atoms with Gasteiger partial charge in [-0.2, -0.15) is 0 Å². The third-order valence-corrected chi connectivity index (χ3v) is 7.11. The van der Waals surface area contributed by atoms with Gasteiger partial charge in [0.1, 0.15) is 17.2 Å². The Kier molecular flexibility index (Phi) is 5.32. The first-order valence-electron chi connectivity index (χ1n) is 11.0. The number of fused-ring (bicyclic) bond motifs is 3. The van der Waals surface area contributed by atoms with E-state index in [1.165, 1.54) is 32.4 Å². The fraction of sp³-hybridized carbons (Fsp3) is 0.375. The first kappa shape index (κ1) is 22.0. The van der Waals surface area contributed by atoms with Crippen LogP contribution in [-0.4, -0.2) is 60.3 Å². The number of benzene rings is 2. The standard InChI is InChI=1S/C24H23N3O7/c1-33-15-8-5-13(6-9-15)22(28)21-20-19(16-4-3-11-25(16)21)23(29)26(24(20)30)17-12-14(27(31)32)7-10-18(17)34-2/h5-10,12,16,19-21H,3-4,11H2,1-2H3/t16-,19-,20-,21-/m1/s1. The second-order valence-corrected chi connectivity index (χ2v) is 8.66. The zero-order valence-corrected chi connectivity index (χ0v) is 18.7. The van der Waals surface area contributed by atoms with Gasteiger partial charge in [0, 0.05) is 23.7 Å². The highest BCUT2D eigenvalue weighted by Crippen LogP contribution is 2.50. The van der Waals surface area contributed by atoms with E-state index in [0.29, 0.717) is 24.3 Å².